The van der Waals surface area contributed by atoms with Gasteiger partial charge in [-0.2, -0.15) is 0 Å². The fourth-order valence-corrected chi connectivity index (χ4v) is 5.49. The summed E-state index contributed by atoms with van der Waals surface area (Å²) >= 11 is 6.70. The molecule has 0 amide bonds. The summed E-state index contributed by atoms with van der Waals surface area (Å²) in [6, 6.07) is 45.0. The molecule has 0 saturated heterocycles. The SMILES string of the molecule is Clc1ccc(-c2cccc(-c3cccc4c3[nH]c3ccccc34)c2)cc1-c1ccc2ccccc2c1. The van der Waals surface area contributed by atoms with E-state index in [1.807, 2.05) is 6.07 Å². The van der Waals surface area contributed by atoms with Crippen LogP contribution >= 0.6 is 11.6 Å². The molecule has 1 aromatic heterocycles. The summed E-state index contributed by atoms with van der Waals surface area (Å²) in [6.45, 7) is 0. The van der Waals surface area contributed by atoms with Gasteiger partial charge in [-0.3, -0.25) is 0 Å². The summed E-state index contributed by atoms with van der Waals surface area (Å²) in [5.74, 6) is 0. The molecule has 1 nitrogen and oxygen atoms in total. The van der Waals surface area contributed by atoms with Gasteiger partial charge in [0.25, 0.3) is 0 Å². The van der Waals surface area contributed by atoms with Crippen molar-refractivity contribution in [3.63, 3.8) is 0 Å². The van der Waals surface area contributed by atoms with E-state index in [1.165, 1.54) is 43.8 Å². The standard InChI is InChI=1S/C34H22ClN/c35-32-18-17-25(21-31(32)27-16-15-22-7-1-2-8-23(22)19-27)24-9-5-10-26(20-24)28-12-6-13-30-29-11-3-4-14-33(29)36-34(28)30/h1-21,36H. The van der Waals surface area contributed by atoms with Crippen LogP contribution < -0.4 is 0 Å². The second-order valence-corrected chi connectivity index (χ2v) is 9.64. The number of rotatable bonds is 3. The minimum atomic E-state index is 0.757. The van der Waals surface area contributed by atoms with Gasteiger partial charge in [0.2, 0.25) is 0 Å². The molecule has 0 aliphatic rings. The third kappa shape index (κ3) is 3.48. The van der Waals surface area contributed by atoms with Crippen LogP contribution in [0.3, 0.4) is 0 Å². The normalized spacial score (nSPS) is 11.5. The number of para-hydroxylation sites is 2. The van der Waals surface area contributed by atoms with Gasteiger partial charge in [0.15, 0.2) is 0 Å². The zero-order valence-corrected chi connectivity index (χ0v) is 20.3. The van der Waals surface area contributed by atoms with Crippen LogP contribution in [0.4, 0.5) is 0 Å². The number of hydrogen-bond acceptors (Lipinski definition) is 0. The maximum Gasteiger partial charge on any atom is 0.0544 e. The Balaban J connectivity index is 1.34. The zero-order valence-electron chi connectivity index (χ0n) is 19.5. The molecule has 0 saturated carbocycles. The van der Waals surface area contributed by atoms with E-state index in [0.717, 1.165) is 27.2 Å². The summed E-state index contributed by atoms with van der Waals surface area (Å²) in [6.07, 6.45) is 0. The fourth-order valence-electron chi connectivity index (χ4n) is 5.26. The molecule has 0 unspecified atom stereocenters. The van der Waals surface area contributed by atoms with E-state index in [9.17, 15) is 0 Å². The van der Waals surface area contributed by atoms with Gasteiger partial charge < -0.3 is 4.98 Å². The molecule has 36 heavy (non-hydrogen) atoms. The Hall–Kier alpha value is -4.33. The predicted molar refractivity (Wildman–Crippen MR) is 155 cm³/mol. The highest BCUT2D eigenvalue weighted by Crippen LogP contribution is 2.37. The maximum absolute atomic E-state index is 6.70. The zero-order chi connectivity index (χ0) is 24.1. The van der Waals surface area contributed by atoms with Crippen molar-refractivity contribution in [2.45, 2.75) is 0 Å². The lowest BCUT2D eigenvalue weighted by atomic mass is 9.94. The molecule has 7 rings (SSSR count). The van der Waals surface area contributed by atoms with Crippen LogP contribution in [0, 0.1) is 0 Å². The van der Waals surface area contributed by atoms with Gasteiger partial charge in [-0.05, 0) is 63.4 Å². The topological polar surface area (TPSA) is 15.8 Å². The Kier molecular flexibility index (Phi) is 4.90. The summed E-state index contributed by atoms with van der Waals surface area (Å²) in [5, 5.41) is 5.70. The number of halogens is 1. The molecule has 0 atom stereocenters. The van der Waals surface area contributed by atoms with Gasteiger partial charge in [0.1, 0.15) is 0 Å². The molecule has 0 aliphatic carbocycles. The summed E-state index contributed by atoms with van der Waals surface area (Å²) in [7, 11) is 0. The average Bonchev–Trinajstić information content (AvgIpc) is 3.32. The molecule has 0 aliphatic heterocycles. The molecular weight excluding hydrogens is 458 g/mol. The van der Waals surface area contributed by atoms with E-state index in [1.54, 1.807) is 0 Å². The first kappa shape index (κ1) is 21.0. The molecule has 0 bridgehead atoms. The molecule has 0 fully saturated rings. The molecule has 0 radical (unpaired) electrons. The Morgan fingerprint density at radius 2 is 1.14 bits per heavy atom. The van der Waals surface area contributed by atoms with Crippen LogP contribution in [0.5, 0.6) is 0 Å². The second kappa shape index (κ2) is 8.41. The van der Waals surface area contributed by atoms with Gasteiger partial charge >= 0.3 is 0 Å². The molecule has 170 valence electrons. The van der Waals surface area contributed by atoms with E-state index >= 15 is 0 Å². The Labute approximate surface area is 214 Å². The molecule has 6 aromatic carbocycles. The van der Waals surface area contributed by atoms with E-state index in [0.29, 0.717) is 0 Å². The molecule has 1 heterocycles. The van der Waals surface area contributed by atoms with Crippen LogP contribution in [-0.2, 0) is 0 Å². The van der Waals surface area contributed by atoms with E-state index in [-0.39, 0.29) is 0 Å². The highest BCUT2D eigenvalue weighted by molar-refractivity contribution is 6.33. The van der Waals surface area contributed by atoms with Crippen molar-refractivity contribution in [1.29, 1.82) is 0 Å². The van der Waals surface area contributed by atoms with Gasteiger partial charge in [-0.15, -0.1) is 0 Å². The quantitative estimate of drug-likeness (QED) is 0.259. The molecule has 7 aromatic rings. The lowest BCUT2D eigenvalue weighted by Crippen LogP contribution is -1.86. The minimum absolute atomic E-state index is 0.757. The fraction of sp³-hybridized carbons (Fsp3) is 0. The van der Waals surface area contributed by atoms with Crippen LogP contribution in [0.25, 0.3) is 66.0 Å². The molecule has 1 N–H and O–H groups in total. The number of fused-ring (bicyclic) bond motifs is 4. The monoisotopic (exact) mass is 479 g/mol. The largest absolute Gasteiger partial charge is 0.354 e. The van der Waals surface area contributed by atoms with Crippen molar-refractivity contribution in [3.8, 4) is 33.4 Å². The first-order valence-electron chi connectivity index (χ1n) is 12.1. The van der Waals surface area contributed by atoms with E-state index < -0.39 is 0 Å². The average molecular weight is 480 g/mol. The maximum atomic E-state index is 6.70. The lowest BCUT2D eigenvalue weighted by Gasteiger charge is -2.11. The summed E-state index contributed by atoms with van der Waals surface area (Å²) in [5.41, 5.74) is 9.20. The van der Waals surface area contributed by atoms with Crippen molar-refractivity contribution in [2.75, 3.05) is 0 Å². The van der Waals surface area contributed by atoms with Gasteiger partial charge in [-0.25, -0.2) is 0 Å². The van der Waals surface area contributed by atoms with Crippen LogP contribution in [-0.4, -0.2) is 4.98 Å². The third-order valence-corrected chi connectivity index (χ3v) is 7.40. The second-order valence-electron chi connectivity index (χ2n) is 9.24. The smallest absolute Gasteiger partial charge is 0.0544 e. The number of benzene rings is 6. The first-order valence-corrected chi connectivity index (χ1v) is 12.5. The minimum Gasteiger partial charge on any atom is -0.354 e. The summed E-state index contributed by atoms with van der Waals surface area (Å²) < 4.78 is 0. The molecule has 0 spiro atoms. The van der Waals surface area contributed by atoms with Crippen molar-refractivity contribution in [1.82, 2.24) is 4.98 Å². The Morgan fingerprint density at radius 3 is 2.08 bits per heavy atom. The molecular formula is C34H22ClN. The van der Waals surface area contributed by atoms with Crippen LogP contribution in [0.2, 0.25) is 5.02 Å². The number of H-pyrrole nitrogens is 1. The van der Waals surface area contributed by atoms with Gasteiger partial charge in [0.05, 0.1) is 5.52 Å². The van der Waals surface area contributed by atoms with E-state index in [2.05, 4.69) is 126 Å². The van der Waals surface area contributed by atoms with Gasteiger partial charge in [0, 0.05) is 32.4 Å². The summed E-state index contributed by atoms with van der Waals surface area (Å²) in [4.78, 5) is 3.64. The van der Waals surface area contributed by atoms with Crippen LogP contribution in [0.15, 0.2) is 127 Å². The Bertz CT molecular complexity index is 1910. The lowest BCUT2D eigenvalue weighted by molar-refractivity contribution is 1.53. The number of aromatic nitrogens is 1. The highest BCUT2D eigenvalue weighted by Gasteiger charge is 2.12. The third-order valence-electron chi connectivity index (χ3n) is 7.08. The van der Waals surface area contributed by atoms with Crippen LogP contribution in [0.1, 0.15) is 0 Å². The highest BCUT2D eigenvalue weighted by atomic mass is 35.5. The number of aromatic amines is 1. The van der Waals surface area contributed by atoms with E-state index in [4.69, 9.17) is 11.6 Å². The van der Waals surface area contributed by atoms with Crippen molar-refractivity contribution < 1.29 is 0 Å². The van der Waals surface area contributed by atoms with Crippen molar-refractivity contribution >= 4 is 44.2 Å². The molecule has 2 heteroatoms. The number of nitrogens with one attached hydrogen (secondary N) is 1. The number of hydrogen-bond donors (Lipinski definition) is 1. The van der Waals surface area contributed by atoms with Crippen molar-refractivity contribution in [3.05, 3.63) is 132 Å². The Morgan fingerprint density at radius 1 is 0.444 bits per heavy atom. The first-order chi connectivity index (χ1) is 17.7. The predicted octanol–water partition coefficient (Wildman–Crippen LogP) is 10.1. The van der Waals surface area contributed by atoms with Crippen molar-refractivity contribution in [2.24, 2.45) is 0 Å². The van der Waals surface area contributed by atoms with Gasteiger partial charge in [-0.1, -0.05) is 109 Å².